The van der Waals surface area contributed by atoms with E-state index in [1.807, 2.05) is 97.9 Å². The first-order valence-corrected chi connectivity index (χ1v) is 14.3. The first-order valence-electron chi connectivity index (χ1n) is 10.6. The Kier molecular flexibility index (Phi) is 6.31. The summed E-state index contributed by atoms with van der Waals surface area (Å²) in [6.45, 7) is -2.40. The van der Waals surface area contributed by atoms with Crippen LogP contribution in [0.25, 0.3) is 0 Å². The molecule has 4 rings (SSSR count). The molecule has 4 aromatic carbocycles. The Morgan fingerprint density at radius 2 is 1.06 bits per heavy atom. The van der Waals surface area contributed by atoms with E-state index in [2.05, 4.69) is 0 Å². The van der Waals surface area contributed by atoms with Gasteiger partial charge in [0.05, 0.1) is 0 Å². The van der Waals surface area contributed by atoms with Gasteiger partial charge < -0.3 is 0 Å². The summed E-state index contributed by atoms with van der Waals surface area (Å²) in [6, 6.07) is 34.3. The third-order valence-electron chi connectivity index (χ3n) is 5.90. The van der Waals surface area contributed by atoms with Crippen LogP contribution in [0.2, 0.25) is 0 Å². The first-order chi connectivity index (χ1) is 15.9. The van der Waals surface area contributed by atoms with E-state index in [9.17, 15) is 13.2 Å². The predicted molar refractivity (Wildman–Crippen MR) is 136 cm³/mol. The van der Waals surface area contributed by atoms with E-state index in [1.54, 1.807) is 12.1 Å². The average molecular weight is 477 g/mol. The van der Waals surface area contributed by atoms with Gasteiger partial charge in [0.2, 0.25) is 0 Å². The van der Waals surface area contributed by atoms with Gasteiger partial charge in [0.25, 0.3) is 0 Å². The van der Waals surface area contributed by atoms with Crippen LogP contribution in [-0.2, 0) is 18.9 Å². The second-order valence-corrected chi connectivity index (χ2v) is 14.2. The Morgan fingerprint density at radius 1 is 0.667 bits per heavy atom. The zero-order valence-electron chi connectivity index (χ0n) is 18.2. The molecule has 0 aliphatic carbocycles. The molecule has 4 nitrogen and oxygen atoms in total. The van der Waals surface area contributed by atoms with Crippen molar-refractivity contribution in [3.63, 3.8) is 0 Å². The maximum absolute atomic E-state index is 13.9. The second kappa shape index (κ2) is 9.03. The van der Waals surface area contributed by atoms with Crippen LogP contribution in [0.3, 0.4) is 0 Å². The van der Waals surface area contributed by atoms with Crippen LogP contribution in [0.1, 0.15) is 5.56 Å². The number of rotatable bonds is 8. The first kappa shape index (κ1) is 23.1. The molecule has 0 spiro atoms. The molecule has 0 saturated carbocycles. The number of benzene rings is 4. The Morgan fingerprint density at radius 3 is 1.42 bits per heavy atom. The minimum absolute atomic E-state index is 0.0517. The quantitative estimate of drug-likeness (QED) is 0.280. The average Bonchev–Trinajstić information content (AvgIpc) is 2.85. The van der Waals surface area contributed by atoms with Crippen LogP contribution in [0.15, 0.2) is 120 Å². The normalized spacial score (nSPS) is 13.1. The molecule has 0 heterocycles. The minimum atomic E-state index is -4.29. The van der Waals surface area contributed by atoms with Crippen LogP contribution in [0.4, 0.5) is 0 Å². The zero-order valence-corrected chi connectivity index (χ0v) is 20.0. The number of aldehydes is 1. The molecule has 33 heavy (non-hydrogen) atoms. The summed E-state index contributed by atoms with van der Waals surface area (Å²) in [5.41, 5.74) is 0.938. The van der Waals surface area contributed by atoms with Gasteiger partial charge in [-0.25, -0.2) is 0 Å². The Hall–Kier alpha value is -3.11. The van der Waals surface area contributed by atoms with Crippen LogP contribution in [-0.4, -0.2) is 20.9 Å². The van der Waals surface area contributed by atoms with Gasteiger partial charge in [0, 0.05) is 0 Å². The Balaban J connectivity index is 2.15. The summed E-state index contributed by atoms with van der Waals surface area (Å²) < 4.78 is 34.2. The molecule has 0 bridgehead atoms. The fourth-order valence-electron chi connectivity index (χ4n) is 4.26. The molecule has 0 aromatic heterocycles. The molecular weight excluding hydrogens is 451 g/mol. The van der Waals surface area contributed by atoms with E-state index < -0.39 is 16.9 Å². The molecule has 0 N–H and O–H groups in total. The number of hydrogen-bond donors (Lipinski definition) is 0. The van der Waals surface area contributed by atoms with Crippen molar-refractivity contribution in [2.24, 2.45) is 0 Å². The van der Waals surface area contributed by atoms with E-state index in [4.69, 9.17) is 3.97 Å². The Bertz CT molecular complexity index is 1240. The van der Waals surface area contributed by atoms with E-state index in [1.165, 1.54) is 12.1 Å². The third-order valence-corrected chi connectivity index (χ3v) is 13.9. The number of carbonyl (C=O) groups excluding carboxylic acids is 1. The van der Waals surface area contributed by atoms with E-state index in [-0.39, 0.29) is 11.1 Å². The van der Waals surface area contributed by atoms with Gasteiger partial charge in [-0.1, -0.05) is 0 Å². The molecule has 0 atom stereocenters. The molecular formula is C27H25O4PS. The molecule has 0 amide bonds. The van der Waals surface area contributed by atoms with Gasteiger partial charge in [0.15, 0.2) is 0 Å². The van der Waals surface area contributed by atoms with Gasteiger partial charge in [0.1, 0.15) is 0 Å². The molecule has 4 aromatic rings. The maximum atomic E-state index is 13.9. The number of hydrogen-bond acceptors (Lipinski definition) is 4. The van der Waals surface area contributed by atoms with Crippen molar-refractivity contribution in [1.29, 1.82) is 0 Å². The summed E-state index contributed by atoms with van der Waals surface area (Å²) in [4.78, 5) is 12.4. The van der Waals surface area contributed by atoms with E-state index in [0.29, 0.717) is 15.9 Å². The third kappa shape index (κ3) is 3.93. The van der Waals surface area contributed by atoms with Crippen molar-refractivity contribution in [3.05, 3.63) is 121 Å². The molecule has 0 unspecified atom stereocenters. The van der Waals surface area contributed by atoms with Gasteiger partial charge in [-0.05, 0) is 0 Å². The SMILES string of the molecule is Cc1ccc(S(=O)(=O)OP(CC=O)(c2ccccc2)(c2ccccc2)c2ccccc2)cc1. The molecule has 0 aliphatic heterocycles. The molecule has 6 heteroatoms. The monoisotopic (exact) mass is 476 g/mol. The fraction of sp³-hybridized carbons (Fsp3) is 0.0741. The van der Waals surface area contributed by atoms with Crippen LogP contribution >= 0.6 is 6.83 Å². The van der Waals surface area contributed by atoms with Crippen molar-refractivity contribution in [2.45, 2.75) is 11.8 Å². The number of carbonyl (C=O) groups is 1. The zero-order chi connectivity index (χ0) is 23.4. The summed E-state index contributed by atoms with van der Waals surface area (Å²) >= 11 is 0. The van der Waals surface area contributed by atoms with Crippen molar-refractivity contribution in [3.8, 4) is 0 Å². The van der Waals surface area contributed by atoms with Gasteiger partial charge in [-0.3, -0.25) is 0 Å². The van der Waals surface area contributed by atoms with Crippen molar-refractivity contribution in [2.75, 3.05) is 6.16 Å². The summed E-state index contributed by atoms with van der Waals surface area (Å²) in [5.74, 6) is 0. The van der Waals surface area contributed by atoms with Gasteiger partial charge in [-0.2, -0.15) is 0 Å². The second-order valence-electron chi connectivity index (χ2n) is 7.91. The van der Waals surface area contributed by atoms with Crippen molar-refractivity contribution >= 4 is 39.1 Å². The van der Waals surface area contributed by atoms with Crippen molar-refractivity contribution < 1.29 is 17.2 Å². The topological polar surface area (TPSA) is 60.4 Å². The van der Waals surface area contributed by atoms with Crippen LogP contribution in [0.5, 0.6) is 0 Å². The van der Waals surface area contributed by atoms with E-state index >= 15 is 0 Å². The molecule has 168 valence electrons. The fourth-order valence-corrected chi connectivity index (χ4v) is 12.3. The summed E-state index contributed by atoms with van der Waals surface area (Å²) in [6.07, 6.45) is 0.657. The van der Waals surface area contributed by atoms with Crippen molar-refractivity contribution in [1.82, 2.24) is 0 Å². The molecule has 0 fully saturated rings. The van der Waals surface area contributed by atoms with Gasteiger partial charge >= 0.3 is 195 Å². The van der Waals surface area contributed by atoms with Crippen LogP contribution < -0.4 is 15.9 Å². The molecule has 0 aliphatic rings. The Labute approximate surface area is 195 Å². The molecule has 0 saturated heterocycles. The standard InChI is InChI=1S/C27H25O4PS/c1-23-17-19-27(20-18-23)33(29,30)31-32(22-21-28,24-11-5-2-6-12-24,25-13-7-3-8-14-25)26-15-9-4-10-16-26/h2-21H,22H2,1H3. The van der Waals surface area contributed by atoms with E-state index in [0.717, 1.165) is 11.8 Å². The van der Waals surface area contributed by atoms with Crippen LogP contribution in [0, 0.1) is 6.92 Å². The summed E-state index contributed by atoms with van der Waals surface area (Å²) in [7, 11) is -4.26. The molecule has 0 radical (unpaired) electrons. The predicted octanol–water partition coefficient (Wildman–Crippen LogP) is 4.34. The summed E-state index contributed by atoms with van der Waals surface area (Å²) in [5, 5.41) is 2.01. The number of aryl methyl sites for hydroxylation is 1. The van der Waals surface area contributed by atoms with Gasteiger partial charge in [-0.15, -0.1) is 0 Å².